The average molecular weight is 263 g/mol. The molecular formula is C14H21N3O2. The first-order valence-electron chi connectivity index (χ1n) is 7.30. The van der Waals surface area contributed by atoms with Crippen LogP contribution in [0.15, 0.2) is 0 Å². The molecule has 0 aromatic carbocycles. The lowest BCUT2D eigenvalue weighted by Gasteiger charge is -2.14. The number of aromatic nitrogens is 3. The summed E-state index contributed by atoms with van der Waals surface area (Å²) in [6.07, 6.45) is 7.55. The zero-order valence-corrected chi connectivity index (χ0v) is 11.4. The number of hydrogen-bond donors (Lipinski definition) is 1. The molecule has 2 fully saturated rings. The first-order valence-corrected chi connectivity index (χ1v) is 7.30. The van der Waals surface area contributed by atoms with E-state index >= 15 is 0 Å². The molecular weight excluding hydrogens is 242 g/mol. The van der Waals surface area contributed by atoms with Crippen molar-refractivity contribution in [3.63, 3.8) is 0 Å². The molecule has 2 atom stereocenters. The molecule has 0 spiro atoms. The molecule has 1 aromatic rings. The van der Waals surface area contributed by atoms with E-state index in [9.17, 15) is 9.90 Å². The zero-order valence-electron chi connectivity index (χ0n) is 11.4. The zero-order chi connectivity index (χ0) is 13.4. The summed E-state index contributed by atoms with van der Waals surface area (Å²) in [5.41, 5.74) is 0. The predicted molar refractivity (Wildman–Crippen MR) is 69.9 cm³/mol. The normalized spacial score (nSPS) is 28.1. The molecule has 1 N–H and O–H groups in total. The van der Waals surface area contributed by atoms with Gasteiger partial charge in [0, 0.05) is 18.9 Å². The van der Waals surface area contributed by atoms with Gasteiger partial charge in [0.05, 0.1) is 5.92 Å². The van der Waals surface area contributed by atoms with Gasteiger partial charge in [-0.2, -0.15) is 5.10 Å². The molecule has 2 aliphatic rings. The van der Waals surface area contributed by atoms with E-state index in [1.54, 1.807) is 0 Å². The van der Waals surface area contributed by atoms with Crippen molar-refractivity contribution >= 4 is 5.97 Å². The van der Waals surface area contributed by atoms with Gasteiger partial charge in [-0.05, 0) is 25.7 Å². The number of carbonyl (C=O) groups is 1. The van der Waals surface area contributed by atoms with Gasteiger partial charge in [0.2, 0.25) is 0 Å². The summed E-state index contributed by atoms with van der Waals surface area (Å²) in [5, 5.41) is 13.8. The molecule has 1 heterocycles. The number of hydrogen-bond acceptors (Lipinski definition) is 3. The van der Waals surface area contributed by atoms with Gasteiger partial charge >= 0.3 is 5.97 Å². The number of nitrogens with zero attached hydrogens (tertiary/aromatic N) is 3. The van der Waals surface area contributed by atoms with Crippen molar-refractivity contribution in [3.05, 3.63) is 11.6 Å². The summed E-state index contributed by atoms with van der Waals surface area (Å²) >= 11 is 0. The van der Waals surface area contributed by atoms with Crippen LogP contribution in [0.5, 0.6) is 0 Å². The van der Waals surface area contributed by atoms with Crippen LogP contribution in [-0.4, -0.2) is 25.8 Å². The number of carboxylic acid groups (broad SMARTS) is 1. The first kappa shape index (κ1) is 12.6. The fourth-order valence-corrected chi connectivity index (χ4v) is 3.66. The van der Waals surface area contributed by atoms with Crippen molar-refractivity contribution in [1.82, 2.24) is 14.8 Å². The summed E-state index contributed by atoms with van der Waals surface area (Å²) in [6.45, 7) is 0. The van der Waals surface area contributed by atoms with Gasteiger partial charge in [-0.15, -0.1) is 0 Å². The molecule has 0 amide bonds. The molecule has 3 rings (SSSR count). The third kappa shape index (κ3) is 2.26. The smallest absolute Gasteiger partial charge is 0.307 e. The van der Waals surface area contributed by atoms with E-state index in [1.165, 1.54) is 25.7 Å². The van der Waals surface area contributed by atoms with E-state index in [1.807, 2.05) is 11.7 Å². The van der Waals surface area contributed by atoms with Gasteiger partial charge in [-0.3, -0.25) is 9.48 Å². The van der Waals surface area contributed by atoms with Crippen molar-refractivity contribution < 1.29 is 9.90 Å². The largest absolute Gasteiger partial charge is 0.481 e. The number of rotatable bonds is 3. The number of aliphatic carboxylic acids is 1. The fraction of sp³-hybridized carbons (Fsp3) is 0.786. The Balaban J connectivity index is 1.86. The molecule has 0 saturated heterocycles. The Morgan fingerprint density at radius 3 is 2.63 bits per heavy atom. The highest BCUT2D eigenvalue weighted by atomic mass is 16.4. The summed E-state index contributed by atoms with van der Waals surface area (Å²) in [7, 11) is 1.90. The van der Waals surface area contributed by atoms with E-state index < -0.39 is 5.97 Å². The lowest BCUT2D eigenvalue weighted by Crippen LogP contribution is -2.19. The van der Waals surface area contributed by atoms with Gasteiger partial charge in [-0.1, -0.05) is 19.3 Å². The van der Waals surface area contributed by atoms with Crippen molar-refractivity contribution in [3.8, 4) is 0 Å². The summed E-state index contributed by atoms with van der Waals surface area (Å²) in [6, 6.07) is 0. The molecule has 2 aliphatic carbocycles. The summed E-state index contributed by atoms with van der Waals surface area (Å²) in [5.74, 6) is 1.39. The topological polar surface area (TPSA) is 68.0 Å². The monoisotopic (exact) mass is 263 g/mol. The van der Waals surface area contributed by atoms with Crippen molar-refractivity contribution in [2.45, 2.75) is 56.8 Å². The molecule has 0 aliphatic heterocycles. The second-order valence-corrected chi connectivity index (χ2v) is 5.92. The van der Waals surface area contributed by atoms with Gasteiger partial charge in [0.15, 0.2) is 5.82 Å². The van der Waals surface area contributed by atoms with Crippen LogP contribution in [0.25, 0.3) is 0 Å². The minimum atomic E-state index is -0.687. The second kappa shape index (κ2) is 4.94. The Morgan fingerprint density at radius 2 is 1.95 bits per heavy atom. The van der Waals surface area contributed by atoms with Crippen LogP contribution in [0.3, 0.4) is 0 Å². The lowest BCUT2D eigenvalue weighted by atomic mass is 9.95. The minimum absolute atomic E-state index is 0.0464. The molecule has 0 radical (unpaired) electrons. The SMILES string of the molecule is Cn1nc(C2CCCC2)nc1C1CCCC1C(=O)O. The second-order valence-electron chi connectivity index (χ2n) is 5.92. The summed E-state index contributed by atoms with van der Waals surface area (Å²) in [4.78, 5) is 16.0. The molecule has 5 nitrogen and oxygen atoms in total. The van der Waals surface area contributed by atoms with Gasteiger partial charge in [-0.25, -0.2) is 4.98 Å². The van der Waals surface area contributed by atoms with Crippen LogP contribution < -0.4 is 0 Å². The van der Waals surface area contributed by atoms with Gasteiger partial charge < -0.3 is 5.11 Å². The molecule has 104 valence electrons. The van der Waals surface area contributed by atoms with Crippen molar-refractivity contribution in [2.24, 2.45) is 13.0 Å². The van der Waals surface area contributed by atoms with Crippen LogP contribution in [0.4, 0.5) is 0 Å². The third-order valence-electron chi connectivity index (χ3n) is 4.70. The molecule has 19 heavy (non-hydrogen) atoms. The standard InChI is InChI=1S/C14H21N3O2/c1-17-13(10-7-4-8-11(10)14(18)19)15-12(16-17)9-5-2-3-6-9/h9-11H,2-8H2,1H3,(H,18,19). The van der Waals surface area contributed by atoms with Crippen LogP contribution in [0, 0.1) is 5.92 Å². The quantitative estimate of drug-likeness (QED) is 0.909. The van der Waals surface area contributed by atoms with E-state index in [4.69, 9.17) is 4.98 Å². The average Bonchev–Trinajstić information content (AvgIpc) is 3.07. The van der Waals surface area contributed by atoms with Gasteiger partial charge in [0.1, 0.15) is 5.82 Å². The highest BCUT2D eigenvalue weighted by Gasteiger charge is 2.37. The number of aryl methyl sites for hydroxylation is 1. The molecule has 0 bridgehead atoms. The van der Waals surface area contributed by atoms with Crippen molar-refractivity contribution in [1.29, 1.82) is 0 Å². The maximum atomic E-state index is 11.3. The highest BCUT2D eigenvalue weighted by Crippen LogP contribution is 2.40. The summed E-state index contributed by atoms with van der Waals surface area (Å²) < 4.78 is 1.82. The Hall–Kier alpha value is -1.39. The minimum Gasteiger partial charge on any atom is -0.481 e. The lowest BCUT2D eigenvalue weighted by molar-refractivity contribution is -0.142. The predicted octanol–water partition coefficient (Wildman–Crippen LogP) is 2.44. The fourth-order valence-electron chi connectivity index (χ4n) is 3.66. The Labute approximate surface area is 113 Å². The molecule has 2 unspecified atom stereocenters. The Bertz CT molecular complexity index is 477. The van der Waals surface area contributed by atoms with E-state index in [0.717, 1.165) is 30.9 Å². The number of carboxylic acids is 1. The van der Waals surface area contributed by atoms with E-state index in [-0.39, 0.29) is 11.8 Å². The Kier molecular flexibility index (Phi) is 3.29. The molecule has 5 heteroatoms. The van der Waals surface area contributed by atoms with Crippen LogP contribution in [-0.2, 0) is 11.8 Å². The maximum Gasteiger partial charge on any atom is 0.307 e. The molecule has 2 saturated carbocycles. The van der Waals surface area contributed by atoms with Crippen LogP contribution in [0.2, 0.25) is 0 Å². The highest BCUT2D eigenvalue weighted by molar-refractivity contribution is 5.71. The third-order valence-corrected chi connectivity index (χ3v) is 4.70. The van der Waals surface area contributed by atoms with E-state index in [0.29, 0.717) is 5.92 Å². The van der Waals surface area contributed by atoms with Crippen molar-refractivity contribution in [2.75, 3.05) is 0 Å². The molecule has 1 aromatic heterocycles. The Morgan fingerprint density at radius 1 is 1.21 bits per heavy atom. The van der Waals surface area contributed by atoms with Crippen LogP contribution in [0.1, 0.15) is 68.4 Å². The van der Waals surface area contributed by atoms with E-state index in [2.05, 4.69) is 5.10 Å². The first-order chi connectivity index (χ1) is 9.16. The maximum absolute atomic E-state index is 11.3. The van der Waals surface area contributed by atoms with Gasteiger partial charge in [0.25, 0.3) is 0 Å². The van der Waals surface area contributed by atoms with Crippen LogP contribution >= 0.6 is 0 Å².